The molecule has 8 heteroatoms. The molecule has 1 saturated heterocycles. The molecule has 1 amide bonds. The normalized spacial score (nSPS) is 21.2. The fraction of sp³-hybridized carbons (Fsp3) is 0.571. The molecule has 43 heavy (non-hydrogen) atoms. The fourth-order valence-corrected chi connectivity index (χ4v) is 6.75. The van der Waals surface area contributed by atoms with Gasteiger partial charge in [0.2, 0.25) is 5.91 Å². The van der Waals surface area contributed by atoms with E-state index in [1.807, 2.05) is 30.7 Å². The molecule has 8 nitrogen and oxygen atoms in total. The lowest BCUT2D eigenvalue weighted by molar-refractivity contribution is -0.140. The SMILES string of the molecule is CCC(=O)[C@@H]1[C@H]2CCN1C(=O)Cn1cc(C(C)=O)c3cc(-c4cnc(C)cn4)cc(c31)CCCCCCCCCCCO2. The molecule has 2 atom stereocenters. The second-order valence-electron chi connectivity index (χ2n) is 12.3. The lowest BCUT2D eigenvalue weighted by Crippen LogP contribution is -2.46. The van der Waals surface area contributed by atoms with Crippen molar-refractivity contribution in [3.63, 3.8) is 0 Å². The Morgan fingerprint density at radius 1 is 0.977 bits per heavy atom. The molecule has 0 N–H and O–H groups in total. The molecule has 2 aliphatic rings. The number of ketones is 2. The Morgan fingerprint density at radius 2 is 1.70 bits per heavy atom. The van der Waals surface area contributed by atoms with Crippen molar-refractivity contribution in [3.8, 4) is 11.3 Å². The van der Waals surface area contributed by atoms with Crippen LogP contribution >= 0.6 is 0 Å². The Kier molecular flexibility index (Phi) is 10.4. The highest BCUT2D eigenvalue weighted by Gasteiger charge is 2.41. The summed E-state index contributed by atoms with van der Waals surface area (Å²) in [5, 5.41) is 0.834. The van der Waals surface area contributed by atoms with Crippen molar-refractivity contribution < 1.29 is 19.1 Å². The summed E-state index contributed by atoms with van der Waals surface area (Å²) in [6.07, 6.45) is 17.4. The van der Waals surface area contributed by atoms with Crippen molar-refractivity contribution in [1.82, 2.24) is 19.4 Å². The monoisotopic (exact) mass is 586 g/mol. The molecule has 2 aromatic heterocycles. The molecule has 1 aromatic carbocycles. The van der Waals surface area contributed by atoms with E-state index in [1.165, 1.54) is 32.1 Å². The number of carbonyl (C=O) groups excluding carboxylic acids is 3. The van der Waals surface area contributed by atoms with Crippen LogP contribution in [-0.2, 0) is 27.3 Å². The van der Waals surface area contributed by atoms with Gasteiger partial charge in [-0.1, -0.05) is 51.9 Å². The van der Waals surface area contributed by atoms with E-state index in [4.69, 9.17) is 4.74 Å². The van der Waals surface area contributed by atoms with Gasteiger partial charge < -0.3 is 14.2 Å². The number of Topliss-reactive ketones (excluding diaryl/α,β-unsaturated/α-hetero) is 2. The van der Waals surface area contributed by atoms with Gasteiger partial charge in [0.25, 0.3) is 0 Å². The number of hydrogen-bond donors (Lipinski definition) is 0. The Balaban J connectivity index is 1.55. The van der Waals surface area contributed by atoms with Crippen LogP contribution in [0.1, 0.15) is 106 Å². The van der Waals surface area contributed by atoms with E-state index in [0.29, 0.717) is 31.6 Å². The first-order chi connectivity index (χ1) is 20.9. The summed E-state index contributed by atoms with van der Waals surface area (Å²) in [4.78, 5) is 50.7. The molecule has 2 aliphatic heterocycles. The number of nitrogens with zero attached hydrogens (tertiary/aromatic N) is 4. The average molecular weight is 587 g/mol. The zero-order valence-electron chi connectivity index (χ0n) is 26.1. The second kappa shape index (κ2) is 14.4. The molecule has 0 radical (unpaired) electrons. The van der Waals surface area contributed by atoms with Crippen molar-refractivity contribution in [2.24, 2.45) is 0 Å². The van der Waals surface area contributed by atoms with Crippen LogP contribution in [0.4, 0.5) is 0 Å². The Bertz CT molecular complexity index is 1440. The maximum absolute atomic E-state index is 13.9. The van der Waals surface area contributed by atoms with Gasteiger partial charge in [-0.25, -0.2) is 0 Å². The minimum Gasteiger partial charge on any atom is -0.376 e. The summed E-state index contributed by atoms with van der Waals surface area (Å²) >= 11 is 0. The highest BCUT2D eigenvalue weighted by molar-refractivity contribution is 6.09. The maximum Gasteiger partial charge on any atom is 0.243 e. The van der Waals surface area contributed by atoms with Crippen LogP contribution in [0.15, 0.2) is 30.7 Å². The third-order valence-electron chi connectivity index (χ3n) is 9.08. The molecule has 5 rings (SSSR count). The van der Waals surface area contributed by atoms with E-state index >= 15 is 0 Å². The van der Waals surface area contributed by atoms with Crippen molar-refractivity contribution in [2.75, 3.05) is 13.2 Å². The van der Waals surface area contributed by atoms with Gasteiger partial charge in [-0.05, 0) is 57.2 Å². The van der Waals surface area contributed by atoms with E-state index in [-0.39, 0.29) is 30.1 Å². The lowest BCUT2D eigenvalue weighted by atomic mass is 9.97. The van der Waals surface area contributed by atoms with Crippen LogP contribution in [0.3, 0.4) is 0 Å². The van der Waals surface area contributed by atoms with Crippen LogP contribution in [-0.4, -0.2) is 62.2 Å². The van der Waals surface area contributed by atoms with Crippen molar-refractivity contribution >= 4 is 28.4 Å². The van der Waals surface area contributed by atoms with Crippen LogP contribution in [0.5, 0.6) is 0 Å². The van der Waals surface area contributed by atoms with E-state index in [0.717, 1.165) is 65.5 Å². The molecule has 230 valence electrons. The molecule has 0 spiro atoms. The van der Waals surface area contributed by atoms with Crippen molar-refractivity contribution in [1.29, 1.82) is 0 Å². The molecule has 2 bridgehead atoms. The van der Waals surface area contributed by atoms with Gasteiger partial charge in [-0.3, -0.25) is 24.4 Å². The van der Waals surface area contributed by atoms with Gasteiger partial charge in [0.1, 0.15) is 12.6 Å². The second-order valence-corrected chi connectivity index (χ2v) is 12.3. The summed E-state index contributed by atoms with van der Waals surface area (Å²) in [5.41, 5.74) is 5.14. The minimum atomic E-state index is -0.552. The van der Waals surface area contributed by atoms with Crippen LogP contribution in [0.25, 0.3) is 22.2 Å². The average Bonchev–Trinajstić information content (AvgIpc) is 3.59. The highest BCUT2D eigenvalue weighted by Crippen LogP contribution is 2.33. The van der Waals surface area contributed by atoms with Crippen molar-refractivity contribution in [3.05, 3.63) is 47.5 Å². The fourth-order valence-electron chi connectivity index (χ4n) is 6.75. The number of hydrogen-bond acceptors (Lipinski definition) is 6. The molecule has 1 fully saturated rings. The van der Waals surface area contributed by atoms with Gasteiger partial charge in [0.15, 0.2) is 11.6 Å². The zero-order valence-corrected chi connectivity index (χ0v) is 26.1. The first-order valence-electron chi connectivity index (χ1n) is 16.3. The summed E-state index contributed by atoms with van der Waals surface area (Å²) < 4.78 is 8.17. The number of ether oxygens (including phenoxy) is 1. The number of aryl methyl sites for hydroxylation is 2. The van der Waals surface area contributed by atoms with E-state index in [9.17, 15) is 14.4 Å². The molecular weight excluding hydrogens is 540 g/mol. The molecule has 0 aliphatic carbocycles. The van der Waals surface area contributed by atoms with E-state index < -0.39 is 6.04 Å². The van der Waals surface area contributed by atoms with Crippen LogP contribution in [0.2, 0.25) is 0 Å². The van der Waals surface area contributed by atoms with Gasteiger partial charge >= 0.3 is 0 Å². The molecule has 0 saturated carbocycles. The number of rotatable bonds is 4. The highest BCUT2D eigenvalue weighted by atomic mass is 16.5. The Morgan fingerprint density at radius 3 is 2.37 bits per heavy atom. The zero-order chi connectivity index (χ0) is 30.3. The predicted octanol–water partition coefficient (Wildman–Crippen LogP) is 6.64. The van der Waals surface area contributed by atoms with Gasteiger partial charge in [0.05, 0.1) is 29.2 Å². The summed E-state index contributed by atoms with van der Waals surface area (Å²) in [7, 11) is 0. The largest absolute Gasteiger partial charge is 0.376 e. The minimum absolute atomic E-state index is 0.0457. The quantitative estimate of drug-likeness (QED) is 0.318. The van der Waals surface area contributed by atoms with Gasteiger partial charge in [-0.2, -0.15) is 0 Å². The molecule has 4 heterocycles. The number of fused-ring (bicyclic) bond motifs is 2. The molecule has 3 aromatic rings. The maximum atomic E-state index is 13.9. The van der Waals surface area contributed by atoms with Gasteiger partial charge in [-0.15, -0.1) is 0 Å². The van der Waals surface area contributed by atoms with E-state index in [1.54, 1.807) is 24.2 Å². The summed E-state index contributed by atoms with van der Waals surface area (Å²) in [6, 6.07) is 3.61. The lowest BCUT2D eigenvalue weighted by Gasteiger charge is -2.27. The molecular formula is C35H46N4O4. The number of aromatic nitrogens is 3. The van der Waals surface area contributed by atoms with Crippen LogP contribution < -0.4 is 0 Å². The summed E-state index contributed by atoms with van der Waals surface area (Å²) in [6.45, 7) is 6.54. The Hall–Kier alpha value is -3.39. The standard InChI is InChI=1S/C35H46N4O4/c1-4-31(41)35-32-15-16-39(35)33(42)23-38-22-29(25(3)40)28-19-27(30-21-36-24(2)20-37-30)18-26(34(28)38)14-12-10-8-6-5-7-9-11-13-17-43-32/h18-22,32,35H,4-17,23H2,1-3H3/t32-,35-/m1/s1. The Labute approximate surface area is 255 Å². The third kappa shape index (κ3) is 7.23. The third-order valence-corrected chi connectivity index (χ3v) is 9.08. The summed E-state index contributed by atoms with van der Waals surface area (Å²) in [5.74, 6) is -0.114. The van der Waals surface area contributed by atoms with E-state index in [2.05, 4.69) is 16.0 Å². The number of carbonyl (C=O) groups is 3. The first-order valence-corrected chi connectivity index (χ1v) is 16.3. The topological polar surface area (TPSA) is 94.4 Å². The predicted molar refractivity (Wildman–Crippen MR) is 168 cm³/mol. The van der Waals surface area contributed by atoms with Gasteiger partial charge in [0, 0.05) is 48.5 Å². The smallest absolute Gasteiger partial charge is 0.243 e. The van der Waals surface area contributed by atoms with Crippen molar-refractivity contribution in [2.45, 2.75) is 117 Å². The first kappa shape index (κ1) is 31.0. The number of amides is 1. The molecule has 0 unspecified atom stereocenters. The number of benzene rings is 1. The van der Waals surface area contributed by atoms with Crippen LogP contribution in [0, 0.1) is 6.92 Å².